The van der Waals surface area contributed by atoms with Gasteiger partial charge >= 0.3 is 0 Å². The van der Waals surface area contributed by atoms with Gasteiger partial charge in [-0.15, -0.1) is 0 Å². The lowest BCUT2D eigenvalue weighted by molar-refractivity contribution is -0.384. The third-order valence-electron chi connectivity index (χ3n) is 2.22. The monoisotopic (exact) mass is 257 g/mol. The van der Waals surface area contributed by atoms with Gasteiger partial charge in [-0.25, -0.2) is 0 Å². The molecular formula is C10H12BrNO2. The Balaban J connectivity index is 2.77. The molecule has 14 heavy (non-hydrogen) atoms. The molecule has 0 aliphatic heterocycles. The molecule has 1 unspecified atom stereocenters. The van der Waals surface area contributed by atoms with E-state index < -0.39 is 0 Å². The van der Waals surface area contributed by atoms with E-state index in [9.17, 15) is 10.1 Å². The first-order valence-corrected chi connectivity index (χ1v) is 5.57. The van der Waals surface area contributed by atoms with Crippen LogP contribution in [-0.2, 0) is 0 Å². The van der Waals surface area contributed by atoms with Crippen LogP contribution >= 0.6 is 15.9 Å². The van der Waals surface area contributed by atoms with Gasteiger partial charge in [0.1, 0.15) is 0 Å². The number of nitrogens with zero attached hydrogens (tertiary/aromatic N) is 1. The van der Waals surface area contributed by atoms with Gasteiger partial charge in [0.25, 0.3) is 5.69 Å². The molecule has 0 radical (unpaired) electrons. The van der Waals surface area contributed by atoms with Crippen LogP contribution in [0.25, 0.3) is 0 Å². The number of nitro groups is 1. The van der Waals surface area contributed by atoms with Crippen molar-refractivity contribution in [2.45, 2.75) is 19.3 Å². The van der Waals surface area contributed by atoms with E-state index in [4.69, 9.17) is 0 Å². The van der Waals surface area contributed by atoms with E-state index in [1.54, 1.807) is 12.1 Å². The molecule has 1 aromatic rings. The molecule has 76 valence electrons. The van der Waals surface area contributed by atoms with Crippen molar-refractivity contribution in [3.63, 3.8) is 0 Å². The molecule has 0 aliphatic rings. The van der Waals surface area contributed by atoms with Gasteiger partial charge in [-0.2, -0.15) is 0 Å². The molecule has 0 spiro atoms. The van der Waals surface area contributed by atoms with Crippen molar-refractivity contribution in [1.29, 1.82) is 0 Å². The molecule has 0 N–H and O–H groups in total. The zero-order valence-electron chi connectivity index (χ0n) is 7.94. The van der Waals surface area contributed by atoms with Gasteiger partial charge in [0, 0.05) is 17.5 Å². The van der Waals surface area contributed by atoms with Gasteiger partial charge in [-0.05, 0) is 17.9 Å². The molecule has 0 aliphatic carbocycles. The summed E-state index contributed by atoms with van der Waals surface area (Å²) in [6, 6.07) is 6.76. The number of non-ortho nitro benzene ring substituents is 1. The zero-order chi connectivity index (χ0) is 10.6. The fraction of sp³-hybridized carbons (Fsp3) is 0.400. The van der Waals surface area contributed by atoms with E-state index in [0.717, 1.165) is 17.3 Å². The summed E-state index contributed by atoms with van der Waals surface area (Å²) in [5, 5.41) is 11.4. The highest BCUT2D eigenvalue weighted by molar-refractivity contribution is 9.09. The van der Waals surface area contributed by atoms with Crippen molar-refractivity contribution in [1.82, 2.24) is 0 Å². The lowest BCUT2D eigenvalue weighted by Gasteiger charge is -2.08. The molecule has 0 saturated carbocycles. The molecular weight excluding hydrogens is 246 g/mol. The summed E-state index contributed by atoms with van der Waals surface area (Å²) in [6.07, 6.45) is 1.04. The van der Waals surface area contributed by atoms with Crippen molar-refractivity contribution < 1.29 is 4.92 Å². The van der Waals surface area contributed by atoms with Gasteiger partial charge < -0.3 is 0 Å². The Morgan fingerprint density at radius 3 is 2.43 bits per heavy atom. The normalized spacial score (nSPS) is 12.4. The quantitative estimate of drug-likeness (QED) is 0.471. The first kappa shape index (κ1) is 11.2. The van der Waals surface area contributed by atoms with Crippen molar-refractivity contribution in [2.24, 2.45) is 0 Å². The average Bonchev–Trinajstić information content (AvgIpc) is 2.18. The van der Waals surface area contributed by atoms with Gasteiger partial charge in [-0.1, -0.05) is 35.0 Å². The number of hydrogen-bond acceptors (Lipinski definition) is 2. The fourth-order valence-corrected chi connectivity index (χ4v) is 1.94. The maximum atomic E-state index is 10.4. The van der Waals surface area contributed by atoms with Crippen LogP contribution in [0.3, 0.4) is 0 Å². The van der Waals surface area contributed by atoms with Crippen molar-refractivity contribution in [2.75, 3.05) is 5.33 Å². The molecule has 0 aromatic heterocycles. The second-order valence-electron chi connectivity index (χ2n) is 3.23. The van der Waals surface area contributed by atoms with Crippen LogP contribution in [0.1, 0.15) is 24.8 Å². The molecule has 0 saturated heterocycles. The predicted octanol–water partition coefficient (Wildman–Crippen LogP) is 3.48. The smallest absolute Gasteiger partial charge is 0.258 e. The van der Waals surface area contributed by atoms with E-state index in [2.05, 4.69) is 22.9 Å². The molecule has 0 amide bonds. The van der Waals surface area contributed by atoms with Gasteiger partial charge in [-0.3, -0.25) is 10.1 Å². The third kappa shape index (κ3) is 2.80. The summed E-state index contributed by atoms with van der Waals surface area (Å²) in [5.74, 6) is 0.440. The maximum Gasteiger partial charge on any atom is 0.269 e. The van der Waals surface area contributed by atoms with Crippen LogP contribution < -0.4 is 0 Å². The van der Waals surface area contributed by atoms with Gasteiger partial charge in [0.15, 0.2) is 0 Å². The van der Waals surface area contributed by atoms with E-state index in [1.165, 1.54) is 0 Å². The molecule has 0 heterocycles. The Hall–Kier alpha value is -0.900. The number of halogens is 1. The standard InChI is InChI=1S/C10H12BrNO2/c1-8(6-7-11)9-2-4-10(5-3-9)12(13)14/h2-5,8H,6-7H2,1H3. The Kier molecular flexibility index (Phi) is 4.07. The van der Waals surface area contributed by atoms with Crippen LogP contribution in [0.15, 0.2) is 24.3 Å². The predicted molar refractivity (Wildman–Crippen MR) is 59.9 cm³/mol. The largest absolute Gasteiger partial charge is 0.269 e. The summed E-state index contributed by atoms with van der Waals surface area (Å²) < 4.78 is 0. The van der Waals surface area contributed by atoms with E-state index in [1.807, 2.05) is 12.1 Å². The van der Waals surface area contributed by atoms with Gasteiger partial charge in [0.2, 0.25) is 0 Å². The molecule has 0 fully saturated rings. The van der Waals surface area contributed by atoms with E-state index >= 15 is 0 Å². The van der Waals surface area contributed by atoms with Crippen LogP contribution in [0, 0.1) is 10.1 Å². The SMILES string of the molecule is CC(CCBr)c1ccc([N+](=O)[O-])cc1. The molecule has 1 atom stereocenters. The first-order chi connectivity index (χ1) is 6.65. The highest BCUT2D eigenvalue weighted by Gasteiger charge is 2.07. The molecule has 3 nitrogen and oxygen atoms in total. The number of alkyl halides is 1. The Bertz CT molecular complexity index is 310. The lowest BCUT2D eigenvalue weighted by Crippen LogP contribution is -1.95. The van der Waals surface area contributed by atoms with Crippen molar-refractivity contribution >= 4 is 21.6 Å². The fourth-order valence-electron chi connectivity index (χ4n) is 1.25. The first-order valence-electron chi connectivity index (χ1n) is 4.45. The lowest BCUT2D eigenvalue weighted by atomic mass is 9.99. The minimum absolute atomic E-state index is 0.153. The summed E-state index contributed by atoms with van der Waals surface area (Å²) in [7, 11) is 0. The number of rotatable bonds is 4. The summed E-state index contributed by atoms with van der Waals surface area (Å²) in [6.45, 7) is 2.11. The van der Waals surface area contributed by atoms with Crippen LogP contribution in [-0.4, -0.2) is 10.3 Å². The topological polar surface area (TPSA) is 43.1 Å². The highest BCUT2D eigenvalue weighted by Crippen LogP contribution is 2.22. The highest BCUT2D eigenvalue weighted by atomic mass is 79.9. The third-order valence-corrected chi connectivity index (χ3v) is 2.67. The van der Waals surface area contributed by atoms with Crippen molar-refractivity contribution in [3.8, 4) is 0 Å². The second-order valence-corrected chi connectivity index (χ2v) is 4.02. The number of hydrogen-bond donors (Lipinski definition) is 0. The van der Waals surface area contributed by atoms with Gasteiger partial charge in [0.05, 0.1) is 4.92 Å². The molecule has 0 bridgehead atoms. The summed E-state index contributed by atoms with van der Waals surface area (Å²) >= 11 is 3.38. The minimum atomic E-state index is -0.376. The van der Waals surface area contributed by atoms with E-state index in [0.29, 0.717) is 5.92 Å². The Labute approximate surface area is 91.4 Å². The Morgan fingerprint density at radius 2 is 2.00 bits per heavy atom. The average molecular weight is 258 g/mol. The van der Waals surface area contributed by atoms with Crippen molar-refractivity contribution in [3.05, 3.63) is 39.9 Å². The summed E-state index contributed by atoms with van der Waals surface area (Å²) in [4.78, 5) is 10.0. The maximum absolute atomic E-state index is 10.4. The second kappa shape index (κ2) is 5.10. The van der Waals surface area contributed by atoms with E-state index in [-0.39, 0.29) is 10.6 Å². The molecule has 1 rings (SSSR count). The van der Waals surface area contributed by atoms with Crippen LogP contribution in [0.4, 0.5) is 5.69 Å². The number of benzene rings is 1. The van der Waals surface area contributed by atoms with Crippen LogP contribution in [0.2, 0.25) is 0 Å². The molecule has 4 heteroatoms. The Morgan fingerprint density at radius 1 is 1.43 bits per heavy atom. The number of nitro benzene ring substituents is 1. The summed E-state index contributed by atoms with van der Waals surface area (Å²) in [5.41, 5.74) is 1.30. The zero-order valence-corrected chi connectivity index (χ0v) is 9.53. The molecule has 1 aromatic carbocycles. The minimum Gasteiger partial charge on any atom is -0.258 e. The van der Waals surface area contributed by atoms with Crippen LogP contribution in [0.5, 0.6) is 0 Å².